The smallest absolute Gasteiger partial charge is 0.306 e. The zero-order valence-electron chi connectivity index (χ0n) is 10.5. The first-order chi connectivity index (χ1) is 9.39. The Balaban J connectivity index is 2.34. The summed E-state index contributed by atoms with van der Waals surface area (Å²) in [7, 11) is 0. The number of anilines is 1. The van der Waals surface area contributed by atoms with Crippen LogP contribution in [0.25, 0.3) is 0 Å². The Morgan fingerprint density at radius 3 is 2.50 bits per heavy atom. The molecule has 0 aliphatic heterocycles. The highest BCUT2D eigenvalue weighted by Crippen LogP contribution is 2.32. The van der Waals surface area contributed by atoms with Crippen LogP contribution >= 0.6 is 0 Å². The number of hydrogen-bond acceptors (Lipinski definition) is 2. The second-order valence-electron chi connectivity index (χ2n) is 4.17. The van der Waals surface area contributed by atoms with Gasteiger partial charge in [0, 0.05) is 6.20 Å². The van der Waals surface area contributed by atoms with Gasteiger partial charge >= 0.3 is 6.18 Å². The fourth-order valence-corrected chi connectivity index (χ4v) is 1.72. The van der Waals surface area contributed by atoms with E-state index in [1.165, 1.54) is 18.3 Å². The Morgan fingerprint density at radius 2 is 1.85 bits per heavy atom. The number of nitrogens with zero attached hydrogens (tertiary/aromatic N) is 1. The van der Waals surface area contributed by atoms with Crippen LogP contribution in [-0.2, 0) is 6.18 Å². The molecule has 1 heterocycles. The van der Waals surface area contributed by atoms with Gasteiger partial charge in [-0.25, -0.2) is 4.98 Å². The molecule has 0 aliphatic rings. The number of alkyl halides is 3. The third-order valence-electron chi connectivity index (χ3n) is 2.72. The molecular formula is C14H11F3N2O. The molecule has 2 rings (SSSR count). The molecule has 0 spiro atoms. The van der Waals surface area contributed by atoms with Gasteiger partial charge in [0.2, 0.25) is 0 Å². The van der Waals surface area contributed by atoms with E-state index in [0.717, 1.165) is 12.1 Å². The average Bonchev–Trinajstić information content (AvgIpc) is 2.40. The van der Waals surface area contributed by atoms with Crippen LogP contribution in [0.15, 0.2) is 42.6 Å². The number of halogens is 3. The molecule has 2 aromatic rings. The Labute approximate surface area is 113 Å². The van der Waals surface area contributed by atoms with E-state index in [1.807, 2.05) is 0 Å². The minimum atomic E-state index is -4.58. The van der Waals surface area contributed by atoms with Gasteiger partial charge in [0.15, 0.2) is 0 Å². The van der Waals surface area contributed by atoms with Crippen LogP contribution in [0.1, 0.15) is 21.5 Å². The molecule has 1 aromatic heterocycles. The van der Waals surface area contributed by atoms with Crippen LogP contribution < -0.4 is 5.32 Å². The molecule has 0 bridgehead atoms. The number of pyridine rings is 1. The first kappa shape index (κ1) is 14.0. The predicted molar refractivity (Wildman–Crippen MR) is 68.4 cm³/mol. The van der Waals surface area contributed by atoms with Crippen LogP contribution in [0.2, 0.25) is 0 Å². The minimum Gasteiger partial charge on any atom is -0.306 e. The van der Waals surface area contributed by atoms with Crippen LogP contribution in [0.3, 0.4) is 0 Å². The van der Waals surface area contributed by atoms with Gasteiger partial charge in [0.25, 0.3) is 5.91 Å². The number of carbonyl (C=O) groups is 1. The highest BCUT2D eigenvalue weighted by atomic mass is 19.4. The van der Waals surface area contributed by atoms with Crippen molar-refractivity contribution >= 4 is 11.7 Å². The van der Waals surface area contributed by atoms with Crippen LogP contribution in [0.4, 0.5) is 19.0 Å². The number of aromatic nitrogens is 1. The largest absolute Gasteiger partial charge is 0.417 e. The van der Waals surface area contributed by atoms with Gasteiger partial charge in [-0.05, 0) is 30.7 Å². The highest BCUT2D eigenvalue weighted by molar-refractivity contribution is 6.05. The normalized spacial score (nSPS) is 11.2. The molecule has 3 nitrogen and oxygen atoms in total. The Hall–Kier alpha value is -2.37. The molecule has 20 heavy (non-hydrogen) atoms. The first-order valence-electron chi connectivity index (χ1n) is 5.79. The van der Waals surface area contributed by atoms with E-state index in [1.54, 1.807) is 19.1 Å². The number of benzene rings is 1. The molecule has 0 fully saturated rings. The summed E-state index contributed by atoms with van der Waals surface area (Å²) in [4.78, 5) is 15.9. The molecule has 0 saturated heterocycles. The molecule has 0 atom stereocenters. The van der Waals surface area contributed by atoms with Crippen molar-refractivity contribution in [3.05, 3.63) is 59.3 Å². The number of rotatable bonds is 2. The molecule has 1 amide bonds. The summed E-state index contributed by atoms with van der Waals surface area (Å²) >= 11 is 0. The maximum absolute atomic E-state index is 12.8. The fraction of sp³-hybridized carbons (Fsp3) is 0.143. The summed E-state index contributed by atoms with van der Waals surface area (Å²) in [5.74, 6) is -0.589. The van der Waals surface area contributed by atoms with E-state index >= 15 is 0 Å². The van der Waals surface area contributed by atoms with Crippen LogP contribution in [0.5, 0.6) is 0 Å². The maximum Gasteiger partial charge on any atom is 0.417 e. The third kappa shape index (κ3) is 2.96. The van der Waals surface area contributed by atoms with E-state index < -0.39 is 23.2 Å². The van der Waals surface area contributed by atoms with Gasteiger partial charge in [0.05, 0.1) is 11.1 Å². The van der Waals surface area contributed by atoms with Crippen molar-refractivity contribution in [3.8, 4) is 0 Å². The molecular weight excluding hydrogens is 269 g/mol. The lowest BCUT2D eigenvalue weighted by Gasteiger charge is -2.13. The molecule has 0 saturated carbocycles. The summed E-state index contributed by atoms with van der Waals surface area (Å²) in [5.41, 5.74) is -0.721. The van der Waals surface area contributed by atoms with Crippen molar-refractivity contribution in [1.82, 2.24) is 4.98 Å². The molecule has 0 unspecified atom stereocenters. The van der Waals surface area contributed by atoms with Crippen molar-refractivity contribution in [1.29, 1.82) is 0 Å². The zero-order valence-corrected chi connectivity index (χ0v) is 10.5. The van der Waals surface area contributed by atoms with Gasteiger partial charge in [-0.15, -0.1) is 0 Å². The number of carbonyl (C=O) groups excluding carboxylic acids is 1. The topological polar surface area (TPSA) is 42.0 Å². The van der Waals surface area contributed by atoms with Crippen LogP contribution in [-0.4, -0.2) is 10.9 Å². The van der Waals surface area contributed by atoms with Crippen LogP contribution in [0, 0.1) is 6.92 Å². The van der Waals surface area contributed by atoms with E-state index in [2.05, 4.69) is 10.3 Å². The molecule has 0 aliphatic carbocycles. The monoisotopic (exact) mass is 280 g/mol. The summed E-state index contributed by atoms with van der Waals surface area (Å²) < 4.78 is 38.5. The van der Waals surface area contributed by atoms with Gasteiger partial charge in [-0.2, -0.15) is 13.2 Å². The number of aryl methyl sites for hydroxylation is 1. The quantitative estimate of drug-likeness (QED) is 0.912. The average molecular weight is 280 g/mol. The minimum absolute atomic E-state index is 0.245. The summed E-state index contributed by atoms with van der Waals surface area (Å²) in [6.07, 6.45) is -3.12. The molecule has 0 radical (unpaired) electrons. The second-order valence-corrected chi connectivity index (χ2v) is 4.17. The third-order valence-corrected chi connectivity index (χ3v) is 2.72. The molecule has 104 valence electrons. The first-order valence-corrected chi connectivity index (χ1v) is 5.79. The predicted octanol–water partition coefficient (Wildman–Crippen LogP) is 3.66. The van der Waals surface area contributed by atoms with Gasteiger partial charge in [0.1, 0.15) is 5.82 Å². The van der Waals surface area contributed by atoms with Crippen molar-refractivity contribution in [3.63, 3.8) is 0 Å². The SMILES string of the molecule is Cc1cccnc1NC(=O)c1ccccc1C(F)(F)F. The van der Waals surface area contributed by atoms with E-state index in [4.69, 9.17) is 0 Å². The number of hydrogen-bond donors (Lipinski definition) is 1. The molecule has 6 heteroatoms. The van der Waals surface area contributed by atoms with E-state index in [9.17, 15) is 18.0 Å². The Morgan fingerprint density at radius 1 is 1.15 bits per heavy atom. The standard InChI is InChI=1S/C14H11F3N2O/c1-9-5-4-8-18-12(9)19-13(20)10-6-2-3-7-11(10)14(15,16)17/h2-8H,1H3,(H,18,19,20). The summed E-state index contributed by atoms with van der Waals surface area (Å²) in [5, 5.41) is 2.39. The molecule has 1 aromatic carbocycles. The number of amides is 1. The zero-order chi connectivity index (χ0) is 14.8. The lowest BCUT2D eigenvalue weighted by Crippen LogP contribution is -2.19. The maximum atomic E-state index is 12.8. The Bertz CT molecular complexity index is 638. The van der Waals surface area contributed by atoms with Gasteiger partial charge < -0.3 is 5.32 Å². The van der Waals surface area contributed by atoms with Gasteiger partial charge in [-0.1, -0.05) is 18.2 Å². The van der Waals surface area contributed by atoms with Crippen molar-refractivity contribution < 1.29 is 18.0 Å². The number of nitrogens with one attached hydrogen (secondary N) is 1. The van der Waals surface area contributed by atoms with E-state index in [-0.39, 0.29) is 5.82 Å². The van der Waals surface area contributed by atoms with E-state index in [0.29, 0.717) is 5.56 Å². The lowest BCUT2D eigenvalue weighted by molar-refractivity contribution is -0.137. The summed E-state index contributed by atoms with van der Waals surface area (Å²) in [6.45, 7) is 1.71. The van der Waals surface area contributed by atoms with Gasteiger partial charge in [-0.3, -0.25) is 4.79 Å². The fourth-order valence-electron chi connectivity index (χ4n) is 1.72. The Kier molecular flexibility index (Phi) is 3.74. The molecule has 1 N–H and O–H groups in total. The second kappa shape index (κ2) is 5.32. The van der Waals surface area contributed by atoms with Crippen molar-refractivity contribution in [2.45, 2.75) is 13.1 Å². The van der Waals surface area contributed by atoms with Crippen molar-refractivity contribution in [2.75, 3.05) is 5.32 Å². The van der Waals surface area contributed by atoms with Crippen molar-refractivity contribution in [2.24, 2.45) is 0 Å². The highest BCUT2D eigenvalue weighted by Gasteiger charge is 2.34. The lowest BCUT2D eigenvalue weighted by atomic mass is 10.1. The summed E-state index contributed by atoms with van der Waals surface area (Å²) in [6, 6.07) is 8.02.